The zero-order valence-electron chi connectivity index (χ0n) is 24.0. The molecule has 3 saturated carbocycles. The summed E-state index contributed by atoms with van der Waals surface area (Å²) in [6, 6.07) is 8.91. The lowest BCUT2D eigenvalue weighted by molar-refractivity contribution is -0.296. The van der Waals surface area contributed by atoms with Crippen LogP contribution in [-0.2, 0) is 18.9 Å². The molecular formula is C32H45NO6. The number of rotatable bonds is 3. The van der Waals surface area contributed by atoms with Gasteiger partial charge in [0.25, 0.3) is 0 Å². The molecule has 2 aliphatic heterocycles. The molecule has 1 spiro atoms. The summed E-state index contributed by atoms with van der Waals surface area (Å²) in [7, 11) is 4.13. The Morgan fingerprint density at radius 1 is 0.846 bits per heavy atom. The van der Waals surface area contributed by atoms with Crippen LogP contribution in [0.5, 0.6) is 0 Å². The van der Waals surface area contributed by atoms with Crippen molar-refractivity contribution in [2.24, 2.45) is 17.3 Å². The van der Waals surface area contributed by atoms with E-state index in [0.29, 0.717) is 57.5 Å². The van der Waals surface area contributed by atoms with Crippen molar-refractivity contribution in [2.75, 3.05) is 45.4 Å². The SMILES string of the molecule is CN(C)c1ccc(C2CC3(C)C(CCC3(O)C3(C)OCCO3)C3CCC4(O)CC5(CCC4=C23)OCCO5)cc1. The Balaban J connectivity index is 1.35. The zero-order chi connectivity index (χ0) is 27.3. The van der Waals surface area contributed by atoms with Crippen molar-refractivity contribution >= 4 is 5.69 Å². The zero-order valence-corrected chi connectivity index (χ0v) is 24.0. The number of hydrogen-bond acceptors (Lipinski definition) is 7. The van der Waals surface area contributed by atoms with Gasteiger partial charge in [-0.2, -0.15) is 0 Å². The third-order valence-electron chi connectivity index (χ3n) is 11.8. The van der Waals surface area contributed by atoms with Crippen molar-refractivity contribution in [3.8, 4) is 0 Å². The normalized spacial score (nSPS) is 42.4. The molecule has 2 heterocycles. The molecule has 0 amide bonds. The number of benzene rings is 1. The predicted octanol–water partition coefficient (Wildman–Crippen LogP) is 4.52. The topological polar surface area (TPSA) is 80.6 Å². The second-order valence-corrected chi connectivity index (χ2v) is 13.7. The quantitative estimate of drug-likeness (QED) is 0.547. The maximum atomic E-state index is 12.5. The molecule has 39 heavy (non-hydrogen) atoms. The van der Waals surface area contributed by atoms with Gasteiger partial charge in [-0.15, -0.1) is 0 Å². The van der Waals surface area contributed by atoms with Crippen molar-refractivity contribution in [1.29, 1.82) is 0 Å². The molecule has 1 aromatic rings. The van der Waals surface area contributed by atoms with E-state index in [4.69, 9.17) is 18.9 Å². The Morgan fingerprint density at radius 2 is 1.51 bits per heavy atom. The molecule has 7 nitrogen and oxygen atoms in total. The fraction of sp³-hybridized carbons (Fsp3) is 0.750. The van der Waals surface area contributed by atoms with Crippen LogP contribution in [0.25, 0.3) is 0 Å². The molecule has 6 aliphatic rings. The van der Waals surface area contributed by atoms with E-state index in [1.807, 2.05) is 6.92 Å². The number of fused-ring (bicyclic) bond motifs is 4. The van der Waals surface area contributed by atoms with Gasteiger partial charge >= 0.3 is 0 Å². The summed E-state index contributed by atoms with van der Waals surface area (Å²) in [5.41, 5.74) is 2.73. The van der Waals surface area contributed by atoms with E-state index in [1.54, 1.807) is 0 Å². The van der Waals surface area contributed by atoms with Crippen molar-refractivity contribution in [3.05, 3.63) is 41.0 Å². The monoisotopic (exact) mass is 539 g/mol. The van der Waals surface area contributed by atoms with E-state index >= 15 is 0 Å². The lowest BCUT2D eigenvalue weighted by Gasteiger charge is -2.59. The average molecular weight is 540 g/mol. The van der Waals surface area contributed by atoms with Gasteiger partial charge in [-0.3, -0.25) is 0 Å². The standard InChI is InChI=1S/C32H45NO6/c1-28-19-24(21-5-7-22(8-6-21)33(3)4)27-23(25(28)11-14-32(28,35)29(2)36-15-16-37-29)9-12-30(34)20-31(13-10-26(27)30)38-17-18-39-31/h5-8,23-25,34-35H,9-20H2,1-4H3. The minimum atomic E-state index is -1.07. The number of ether oxygens (including phenoxy) is 4. The van der Waals surface area contributed by atoms with E-state index in [1.165, 1.54) is 22.4 Å². The van der Waals surface area contributed by atoms with Gasteiger partial charge in [-0.25, -0.2) is 0 Å². The van der Waals surface area contributed by atoms with Crippen LogP contribution in [-0.4, -0.2) is 73.5 Å². The highest BCUT2D eigenvalue weighted by atomic mass is 16.8. The Morgan fingerprint density at radius 3 is 2.18 bits per heavy atom. The lowest BCUT2D eigenvalue weighted by atomic mass is 9.49. The molecule has 2 N–H and O–H groups in total. The van der Waals surface area contributed by atoms with Crippen LogP contribution < -0.4 is 4.90 Å². The van der Waals surface area contributed by atoms with Crippen LogP contribution in [0, 0.1) is 17.3 Å². The van der Waals surface area contributed by atoms with E-state index in [2.05, 4.69) is 50.2 Å². The number of allylic oxidation sites excluding steroid dienone is 1. The molecule has 7 heteroatoms. The number of nitrogens with zero attached hydrogens (tertiary/aromatic N) is 1. The molecule has 2 saturated heterocycles. The van der Waals surface area contributed by atoms with Gasteiger partial charge in [0.2, 0.25) is 0 Å². The van der Waals surface area contributed by atoms with Crippen molar-refractivity contribution in [3.63, 3.8) is 0 Å². The van der Waals surface area contributed by atoms with Gasteiger partial charge < -0.3 is 34.1 Å². The summed E-state index contributed by atoms with van der Waals surface area (Å²) in [4.78, 5) is 2.12. The van der Waals surface area contributed by atoms with E-state index in [9.17, 15) is 10.2 Å². The molecule has 6 atom stereocenters. The maximum absolute atomic E-state index is 12.5. The number of aliphatic hydroxyl groups is 2. The van der Waals surface area contributed by atoms with Gasteiger partial charge in [0.1, 0.15) is 5.60 Å². The Kier molecular flexibility index (Phi) is 5.94. The highest BCUT2D eigenvalue weighted by Crippen LogP contribution is 2.70. The molecule has 4 aliphatic carbocycles. The summed E-state index contributed by atoms with van der Waals surface area (Å²) in [5, 5.41) is 24.8. The molecule has 0 bridgehead atoms. The summed E-state index contributed by atoms with van der Waals surface area (Å²) >= 11 is 0. The summed E-state index contributed by atoms with van der Waals surface area (Å²) in [6.45, 7) is 6.49. The van der Waals surface area contributed by atoms with Gasteiger partial charge in [0, 0.05) is 44.0 Å². The molecule has 214 valence electrons. The van der Waals surface area contributed by atoms with Crippen LogP contribution in [0.1, 0.15) is 76.7 Å². The summed E-state index contributed by atoms with van der Waals surface area (Å²) in [5.74, 6) is -0.896. The Labute approximate surface area is 232 Å². The van der Waals surface area contributed by atoms with Crippen LogP contribution in [0.15, 0.2) is 35.4 Å². The van der Waals surface area contributed by atoms with E-state index in [-0.39, 0.29) is 11.3 Å². The first kappa shape index (κ1) is 26.4. The van der Waals surface area contributed by atoms with E-state index in [0.717, 1.165) is 32.1 Å². The summed E-state index contributed by atoms with van der Waals surface area (Å²) < 4.78 is 24.5. The second-order valence-electron chi connectivity index (χ2n) is 13.7. The molecule has 6 unspecified atom stereocenters. The van der Waals surface area contributed by atoms with Gasteiger partial charge in [0.05, 0.1) is 32.0 Å². The first-order chi connectivity index (χ1) is 18.5. The highest BCUT2D eigenvalue weighted by molar-refractivity contribution is 5.50. The minimum Gasteiger partial charge on any atom is -0.385 e. The first-order valence-electron chi connectivity index (χ1n) is 15.0. The fourth-order valence-electron chi connectivity index (χ4n) is 9.82. The largest absolute Gasteiger partial charge is 0.385 e. The van der Waals surface area contributed by atoms with Gasteiger partial charge in [-0.05, 0) is 80.6 Å². The number of hydrogen-bond donors (Lipinski definition) is 2. The molecule has 7 rings (SSSR count). The molecule has 0 radical (unpaired) electrons. The van der Waals surface area contributed by atoms with Crippen LogP contribution >= 0.6 is 0 Å². The lowest BCUT2D eigenvalue weighted by Crippen LogP contribution is -2.63. The van der Waals surface area contributed by atoms with Gasteiger partial charge in [0.15, 0.2) is 11.6 Å². The Bertz CT molecular complexity index is 1150. The first-order valence-corrected chi connectivity index (χ1v) is 15.0. The van der Waals surface area contributed by atoms with Crippen molar-refractivity contribution in [1.82, 2.24) is 0 Å². The third-order valence-corrected chi connectivity index (χ3v) is 11.8. The molecular weight excluding hydrogens is 494 g/mol. The van der Waals surface area contributed by atoms with E-state index < -0.39 is 22.8 Å². The smallest absolute Gasteiger partial charge is 0.195 e. The molecule has 1 aromatic carbocycles. The number of anilines is 1. The highest BCUT2D eigenvalue weighted by Gasteiger charge is 2.71. The van der Waals surface area contributed by atoms with Crippen molar-refractivity contribution < 1.29 is 29.2 Å². The van der Waals surface area contributed by atoms with Crippen molar-refractivity contribution in [2.45, 2.75) is 93.9 Å². The maximum Gasteiger partial charge on any atom is 0.195 e. The minimum absolute atomic E-state index is 0.114. The van der Waals surface area contributed by atoms with Crippen LogP contribution in [0.3, 0.4) is 0 Å². The second kappa shape index (κ2) is 8.76. The third kappa shape index (κ3) is 3.63. The molecule has 0 aromatic heterocycles. The molecule has 5 fully saturated rings. The summed E-state index contributed by atoms with van der Waals surface area (Å²) in [6.07, 6.45) is 6.15. The predicted molar refractivity (Wildman–Crippen MR) is 147 cm³/mol. The Hall–Kier alpha value is -1.48. The van der Waals surface area contributed by atoms with Gasteiger partial charge in [-0.1, -0.05) is 24.6 Å². The average Bonchev–Trinajstić information content (AvgIpc) is 3.62. The fourth-order valence-corrected chi connectivity index (χ4v) is 9.82. The van der Waals surface area contributed by atoms with Crippen LogP contribution in [0.2, 0.25) is 0 Å². The van der Waals surface area contributed by atoms with Crippen LogP contribution in [0.4, 0.5) is 5.69 Å².